The van der Waals surface area contributed by atoms with Crippen LogP contribution in [0.15, 0.2) is 135 Å². The number of hydrogen-bond acceptors (Lipinski definition) is 4. The molecule has 4 aromatic carbocycles. The van der Waals surface area contributed by atoms with Crippen LogP contribution >= 0.6 is 10.3 Å². The molecule has 4 nitrogen and oxygen atoms in total. The standard InChI is InChI=1S/C24H21NO3S2/c25-20-16-18-24(19-17-20)30(26,27)28-29(21-10-4-1-5-11-21,22-12-6-2-7-13-22)23-14-8-3-9-15-23/h1-19H,25H2. The lowest BCUT2D eigenvalue weighted by Gasteiger charge is -2.39. The van der Waals surface area contributed by atoms with E-state index in [9.17, 15) is 8.42 Å². The molecule has 0 aliphatic heterocycles. The Hall–Kier alpha value is -3.06. The van der Waals surface area contributed by atoms with Gasteiger partial charge in [-0.15, -0.1) is 0 Å². The maximum Gasteiger partial charge on any atom is 0.307 e. The van der Waals surface area contributed by atoms with Gasteiger partial charge in [-0.3, -0.25) is 0 Å². The lowest BCUT2D eigenvalue weighted by atomic mass is 10.3. The molecule has 152 valence electrons. The predicted octanol–water partition coefficient (Wildman–Crippen LogP) is 5.87. The molecular weight excluding hydrogens is 414 g/mol. The van der Waals surface area contributed by atoms with E-state index in [-0.39, 0.29) is 4.90 Å². The minimum absolute atomic E-state index is 0.0661. The molecule has 0 aromatic heterocycles. The second-order valence-electron chi connectivity index (χ2n) is 6.59. The topological polar surface area (TPSA) is 69.4 Å². The second kappa shape index (κ2) is 8.36. The summed E-state index contributed by atoms with van der Waals surface area (Å²) in [5.41, 5.74) is 6.23. The van der Waals surface area contributed by atoms with E-state index < -0.39 is 20.4 Å². The molecule has 0 fully saturated rings. The number of nitrogen functional groups attached to an aromatic ring is 1. The zero-order valence-corrected chi connectivity index (χ0v) is 17.7. The third-order valence-corrected chi connectivity index (χ3v) is 9.78. The van der Waals surface area contributed by atoms with Crippen LogP contribution in [-0.4, -0.2) is 8.42 Å². The highest BCUT2D eigenvalue weighted by molar-refractivity contribution is 8.33. The lowest BCUT2D eigenvalue weighted by molar-refractivity contribution is 0.508. The molecule has 4 rings (SSSR count). The molecule has 2 N–H and O–H groups in total. The summed E-state index contributed by atoms with van der Waals surface area (Å²) in [4.78, 5) is 2.45. The molecule has 0 unspecified atom stereocenters. The van der Waals surface area contributed by atoms with Gasteiger partial charge in [-0.2, -0.15) is 8.42 Å². The van der Waals surface area contributed by atoms with Gasteiger partial charge in [0.1, 0.15) is 0 Å². The second-order valence-corrected chi connectivity index (χ2v) is 11.0. The molecule has 0 atom stereocenters. The van der Waals surface area contributed by atoms with Crippen LogP contribution in [0.5, 0.6) is 0 Å². The molecule has 0 saturated heterocycles. The Morgan fingerprint density at radius 2 is 0.867 bits per heavy atom. The normalized spacial score (nSPS) is 12.4. The molecule has 0 saturated carbocycles. The van der Waals surface area contributed by atoms with Crippen molar-refractivity contribution in [3.8, 4) is 0 Å². The van der Waals surface area contributed by atoms with Crippen LogP contribution in [0.4, 0.5) is 5.69 Å². The molecule has 0 bridgehead atoms. The molecule has 0 aliphatic carbocycles. The van der Waals surface area contributed by atoms with Gasteiger partial charge >= 0.3 is 10.1 Å². The van der Waals surface area contributed by atoms with Crippen molar-refractivity contribution in [2.75, 3.05) is 5.73 Å². The van der Waals surface area contributed by atoms with Crippen molar-refractivity contribution in [1.82, 2.24) is 0 Å². The van der Waals surface area contributed by atoms with E-state index in [2.05, 4.69) is 0 Å². The van der Waals surface area contributed by atoms with Gasteiger partial charge in [-0.05, 0) is 71.0 Å². The number of rotatable bonds is 6. The molecular formula is C24H21NO3S2. The first-order valence-electron chi connectivity index (χ1n) is 9.33. The maximum absolute atomic E-state index is 13.4. The van der Waals surface area contributed by atoms with Crippen molar-refractivity contribution in [2.45, 2.75) is 19.6 Å². The number of nitrogens with two attached hydrogens (primary N) is 1. The minimum Gasteiger partial charge on any atom is -0.399 e. The SMILES string of the molecule is Nc1ccc(S(=O)(=O)OS(c2ccccc2)(c2ccccc2)c2ccccc2)cc1. The highest BCUT2D eigenvalue weighted by Gasteiger charge is 2.38. The van der Waals surface area contributed by atoms with Gasteiger partial charge < -0.3 is 5.73 Å². The van der Waals surface area contributed by atoms with E-state index >= 15 is 0 Å². The van der Waals surface area contributed by atoms with Crippen LogP contribution in [0.3, 0.4) is 0 Å². The Labute approximate surface area is 178 Å². The maximum atomic E-state index is 13.4. The molecule has 30 heavy (non-hydrogen) atoms. The molecule has 4 aromatic rings. The summed E-state index contributed by atoms with van der Waals surface area (Å²) in [6, 6.07) is 34.6. The van der Waals surface area contributed by atoms with Crippen molar-refractivity contribution in [3.05, 3.63) is 115 Å². The van der Waals surface area contributed by atoms with Gasteiger partial charge in [-0.25, -0.2) is 3.63 Å². The zero-order chi connectivity index (χ0) is 21.0. The first-order chi connectivity index (χ1) is 14.5. The molecule has 0 spiro atoms. The van der Waals surface area contributed by atoms with E-state index in [1.807, 2.05) is 91.0 Å². The van der Waals surface area contributed by atoms with Gasteiger partial charge in [0.25, 0.3) is 0 Å². The Morgan fingerprint density at radius 1 is 0.500 bits per heavy atom. The lowest BCUT2D eigenvalue weighted by Crippen LogP contribution is -2.14. The summed E-state index contributed by atoms with van der Waals surface area (Å²) in [7, 11) is -6.67. The van der Waals surface area contributed by atoms with Crippen molar-refractivity contribution in [1.29, 1.82) is 0 Å². The largest absolute Gasteiger partial charge is 0.399 e. The number of anilines is 1. The fourth-order valence-electron chi connectivity index (χ4n) is 3.17. The van der Waals surface area contributed by atoms with E-state index in [1.54, 1.807) is 12.1 Å². The summed E-state index contributed by atoms with van der Waals surface area (Å²) >= 11 is 0. The highest BCUT2D eigenvalue weighted by Crippen LogP contribution is 2.70. The van der Waals surface area contributed by atoms with Gasteiger partial charge in [-0.1, -0.05) is 54.6 Å². The van der Waals surface area contributed by atoms with Gasteiger partial charge in [0.15, 0.2) is 0 Å². The van der Waals surface area contributed by atoms with Crippen molar-refractivity contribution < 1.29 is 12.0 Å². The molecule has 0 amide bonds. The average Bonchev–Trinajstić information content (AvgIpc) is 2.79. The monoisotopic (exact) mass is 435 g/mol. The third-order valence-electron chi connectivity index (χ3n) is 4.59. The molecule has 0 radical (unpaired) electrons. The van der Waals surface area contributed by atoms with Crippen LogP contribution < -0.4 is 5.73 Å². The van der Waals surface area contributed by atoms with Crippen LogP contribution in [0.25, 0.3) is 0 Å². The van der Waals surface area contributed by atoms with Crippen LogP contribution in [-0.2, 0) is 13.7 Å². The fourth-order valence-corrected chi connectivity index (χ4v) is 8.41. The predicted molar refractivity (Wildman–Crippen MR) is 121 cm³/mol. The van der Waals surface area contributed by atoms with Crippen LogP contribution in [0.1, 0.15) is 0 Å². The van der Waals surface area contributed by atoms with Crippen LogP contribution in [0.2, 0.25) is 0 Å². The summed E-state index contributed by atoms with van der Waals surface area (Å²) in [5.74, 6) is 0. The minimum atomic E-state index is -4.10. The first kappa shape index (κ1) is 20.2. The Kier molecular flexibility index (Phi) is 5.63. The van der Waals surface area contributed by atoms with Gasteiger partial charge in [0.05, 0.1) is 4.90 Å². The van der Waals surface area contributed by atoms with E-state index in [0.29, 0.717) is 5.69 Å². The summed E-state index contributed by atoms with van der Waals surface area (Å²) in [6.45, 7) is 0. The number of hydrogen-bond donors (Lipinski definition) is 1. The molecule has 0 heterocycles. The smallest absolute Gasteiger partial charge is 0.307 e. The quantitative estimate of drug-likeness (QED) is 0.385. The fraction of sp³-hybridized carbons (Fsp3) is 0. The van der Waals surface area contributed by atoms with Crippen molar-refractivity contribution in [3.63, 3.8) is 0 Å². The summed E-state index contributed by atoms with van der Waals surface area (Å²) in [5, 5.41) is 0. The Morgan fingerprint density at radius 3 is 1.23 bits per heavy atom. The third kappa shape index (κ3) is 3.85. The van der Waals surface area contributed by atoms with Crippen molar-refractivity contribution in [2.24, 2.45) is 0 Å². The highest BCUT2D eigenvalue weighted by atomic mass is 32.3. The van der Waals surface area contributed by atoms with Crippen LogP contribution in [0, 0.1) is 0 Å². The van der Waals surface area contributed by atoms with E-state index in [1.165, 1.54) is 12.1 Å². The van der Waals surface area contributed by atoms with Gasteiger partial charge in [0, 0.05) is 20.4 Å². The zero-order valence-electron chi connectivity index (χ0n) is 16.1. The van der Waals surface area contributed by atoms with E-state index in [4.69, 9.17) is 9.36 Å². The van der Waals surface area contributed by atoms with Crippen molar-refractivity contribution >= 4 is 26.1 Å². The molecule has 0 aliphatic rings. The number of benzene rings is 4. The average molecular weight is 436 g/mol. The summed E-state index contributed by atoms with van der Waals surface area (Å²) in [6.07, 6.45) is 0. The molecule has 6 heteroatoms. The van der Waals surface area contributed by atoms with Gasteiger partial charge in [0.2, 0.25) is 0 Å². The van der Waals surface area contributed by atoms with E-state index in [0.717, 1.165) is 14.7 Å². The summed E-state index contributed by atoms with van der Waals surface area (Å²) < 4.78 is 33.1. The Bertz CT molecular complexity index is 1120. The first-order valence-corrected chi connectivity index (χ1v) is 12.3. The Balaban J connectivity index is 1.99.